The van der Waals surface area contributed by atoms with Crippen molar-refractivity contribution in [1.82, 2.24) is 0 Å². The first-order valence-electron chi connectivity index (χ1n) is 5.04. The number of benzene rings is 1. The molecule has 0 spiro atoms. The number of aromatic hydroxyl groups is 1. The molecule has 1 aromatic carbocycles. The summed E-state index contributed by atoms with van der Waals surface area (Å²) in [6.45, 7) is 0.465. The minimum Gasteiger partial charge on any atom is -0.508 e. The smallest absolute Gasteiger partial charge is 0.123 e. The first kappa shape index (κ1) is 10.4. The Bertz CT molecular complexity index is 356. The quantitative estimate of drug-likeness (QED) is 0.783. The van der Waals surface area contributed by atoms with Crippen molar-refractivity contribution in [3.8, 4) is 5.75 Å². The lowest BCUT2D eigenvalue weighted by molar-refractivity contribution is 0.0483. The van der Waals surface area contributed by atoms with Gasteiger partial charge < -0.3 is 15.6 Å². The summed E-state index contributed by atoms with van der Waals surface area (Å²) in [5.41, 5.74) is 6.00. The van der Waals surface area contributed by atoms with Crippen LogP contribution in [0.4, 0.5) is 4.39 Å². The molecular formula is C11H14FNO2. The van der Waals surface area contributed by atoms with E-state index in [1.807, 2.05) is 0 Å². The lowest BCUT2D eigenvalue weighted by Crippen LogP contribution is -2.18. The molecule has 2 atom stereocenters. The standard InChI is InChI=1S/C11H14FNO2/c12-7-1-3-10(14)9(5-7)11-4-2-8(6-13)15-11/h1,3,5,8,11,14H,2,4,6,13H2/t8-,11?/m0/s1. The number of halogens is 1. The van der Waals surface area contributed by atoms with Gasteiger partial charge in [-0.3, -0.25) is 0 Å². The van der Waals surface area contributed by atoms with Gasteiger partial charge in [0.1, 0.15) is 11.6 Å². The summed E-state index contributed by atoms with van der Waals surface area (Å²) in [6.07, 6.45) is 1.43. The Morgan fingerprint density at radius 2 is 2.27 bits per heavy atom. The zero-order valence-electron chi connectivity index (χ0n) is 8.32. The molecule has 15 heavy (non-hydrogen) atoms. The van der Waals surface area contributed by atoms with Gasteiger partial charge in [-0.2, -0.15) is 0 Å². The molecule has 3 nitrogen and oxygen atoms in total. The van der Waals surface area contributed by atoms with Crippen molar-refractivity contribution in [3.63, 3.8) is 0 Å². The summed E-state index contributed by atoms with van der Waals surface area (Å²) >= 11 is 0. The van der Waals surface area contributed by atoms with Crippen molar-refractivity contribution < 1.29 is 14.2 Å². The Morgan fingerprint density at radius 3 is 2.93 bits per heavy atom. The number of ether oxygens (including phenoxy) is 1. The third-order valence-electron chi connectivity index (χ3n) is 2.71. The van der Waals surface area contributed by atoms with Crippen LogP contribution in [0.5, 0.6) is 5.75 Å². The topological polar surface area (TPSA) is 55.5 Å². The van der Waals surface area contributed by atoms with Crippen LogP contribution in [-0.2, 0) is 4.74 Å². The van der Waals surface area contributed by atoms with E-state index in [1.165, 1.54) is 18.2 Å². The minimum atomic E-state index is -0.359. The maximum atomic E-state index is 13.0. The number of phenols is 1. The van der Waals surface area contributed by atoms with E-state index < -0.39 is 0 Å². The van der Waals surface area contributed by atoms with E-state index in [4.69, 9.17) is 10.5 Å². The molecule has 0 saturated carbocycles. The Kier molecular flexibility index (Phi) is 2.88. The van der Waals surface area contributed by atoms with Gasteiger partial charge in [0.25, 0.3) is 0 Å². The van der Waals surface area contributed by atoms with Crippen molar-refractivity contribution >= 4 is 0 Å². The number of hydrogen-bond acceptors (Lipinski definition) is 3. The summed E-state index contributed by atoms with van der Waals surface area (Å²) in [4.78, 5) is 0. The van der Waals surface area contributed by atoms with Crippen molar-refractivity contribution in [3.05, 3.63) is 29.6 Å². The highest BCUT2D eigenvalue weighted by Crippen LogP contribution is 2.36. The van der Waals surface area contributed by atoms with Crippen LogP contribution in [0, 0.1) is 5.82 Å². The third kappa shape index (κ3) is 2.11. The molecular weight excluding hydrogens is 197 g/mol. The lowest BCUT2D eigenvalue weighted by Gasteiger charge is -2.13. The van der Waals surface area contributed by atoms with Crippen LogP contribution in [0.15, 0.2) is 18.2 Å². The predicted octanol–water partition coefficient (Wildman–Crippen LogP) is 1.71. The van der Waals surface area contributed by atoms with Gasteiger partial charge in [0.2, 0.25) is 0 Å². The molecule has 0 amide bonds. The normalized spacial score (nSPS) is 25.7. The monoisotopic (exact) mass is 211 g/mol. The van der Waals surface area contributed by atoms with E-state index in [9.17, 15) is 9.50 Å². The highest BCUT2D eigenvalue weighted by atomic mass is 19.1. The Hall–Kier alpha value is -1.13. The van der Waals surface area contributed by atoms with Gasteiger partial charge >= 0.3 is 0 Å². The van der Waals surface area contributed by atoms with E-state index in [-0.39, 0.29) is 23.8 Å². The second-order valence-electron chi connectivity index (χ2n) is 3.76. The first-order chi connectivity index (χ1) is 7.20. The Labute approximate surface area is 87.7 Å². The van der Waals surface area contributed by atoms with Crippen LogP contribution in [0.1, 0.15) is 24.5 Å². The van der Waals surface area contributed by atoms with Gasteiger partial charge in [-0.25, -0.2) is 4.39 Å². The van der Waals surface area contributed by atoms with Crippen LogP contribution in [0.2, 0.25) is 0 Å². The fourth-order valence-electron chi connectivity index (χ4n) is 1.89. The second kappa shape index (κ2) is 4.16. The molecule has 1 saturated heterocycles. The second-order valence-corrected chi connectivity index (χ2v) is 3.76. The molecule has 1 aliphatic rings. The number of phenolic OH excluding ortho intramolecular Hbond substituents is 1. The molecule has 1 unspecified atom stereocenters. The van der Waals surface area contributed by atoms with E-state index in [0.717, 1.165) is 12.8 Å². The van der Waals surface area contributed by atoms with E-state index in [1.54, 1.807) is 0 Å². The maximum Gasteiger partial charge on any atom is 0.123 e. The van der Waals surface area contributed by atoms with Gasteiger partial charge in [-0.1, -0.05) is 0 Å². The van der Waals surface area contributed by atoms with Gasteiger partial charge in [0.15, 0.2) is 0 Å². The average molecular weight is 211 g/mol. The molecule has 3 N–H and O–H groups in total. The van der Waals surface area contributed by atoms with Crippen LogP contribution in [-0.4, -0.2) is 17.8 Å². The molecule has 0 aliphatic carbocycles. The van der Waals surface area contributed by atoms with Crippen LogP contribution < -0.4 is 5.73 Å². The molecule has 2 rings (SSSR count). The maximum absolute atomic E-state index is 13.0. The van der Waals surface area contributed by atoms with E-state index in [0.29, 0.717) is 12.1 Å². The molecule has 1 heterocycles. The van der Waals surface area contributed by atoms with Gasteiger partial charge in [0, 0.05) is 12.1 Å². The summed E-state index contributed by atoms with van der Waals surface area (Å²) in [5, 5.41) is 9.58. The van der Waals surface area contributed by atoms with Crippen LogP contribution >= 0.6 is 0 Å². The summed E-state index contributed by atoms with van der Waals surface area (Å²) < 4.78 is 18.6. The van der Waals surface area contributed by atoms with Crippen LogP contribution in [0.25, 0.3) is 0 Å². The minimum absolute atomic E-state index is 0.0256. The fraction of sp³-hybridized carbons (Fsp3) is 0.455. The fourth-order valence-corrected chi connectivity index (χ4v) is 1.89. The largest absolute Gasteiger partial charge is 0.508 e. The molecule has 0 aromatic heterocycles. The molecule has 1 aliphatic heterocycles. The van der Waals surface area contributed by atoms with Crippen molar-refractivity contribution in [2.45, 2.75) is 25.0 Å². The summed E-state index contributed by atoms with van der Waals surface area (Å²) in [5.74, 6) is -0.276. The highest BCUT2D eigenvalue weighted by Gasteiger charge is 2.27. The van der Waals surface area contributed by atoms with Crippen LogP contribution in [0.3, 0.4) is 0 Å². The van der Waals surface area contributed by atoms with Crippen molar-refractivity contribution in [1.29, 1.82) is 0 Å². The van der Waals surface area contributed by atoms with Crippen molar-refractivity contribution in [2.75, 3.05) is 6.54 Å². The molecule has 4 heteroatoms. The summed E-state index contributed by atoms with van der Waals surface area (Å²) in [7, 11) is 0. The average Bonchev–Trinajstić information content (AvgIpc) is 2.70. The number of hydrogen-bond donors (Lipinski definition) is 2. The molecule has 1 aromatic rings. The third-order valence-corrected chi connectivity index (χ3v) is 2.71. The molecule has 1 fully saturated rings. The Morgan fingerprint density at radius 1 is 1.47 bits per heavy atom. The highest BCUT2D eigenvalue weighted by molar-refractivity contribution is 5.34. The number of rotatable bonds is 2. The number of nitrogens with two attached hydrogens (primary N) is 1. The van der Waals surface area contributed by atoms with Crippen molar-refractivity contribution in [2.24, 2.45) is 5.73 Å². The zero-order chi connectivity index (χ0) is 10.8. The first-order valence-corrected chi connectivity index (χ1v) is 5.04. The molecule has 82 valence electrons. The molecule has 0 radical (unpaired) electrons. The van der Waals surface area contributed by atoms with E-state index in [2.05, 4.69) is 0 Å². The molecule has 0 bridgehead atoms. The summed E-state index contributed by atoms with van der Waals surface area (Å²) in [6, 6.07) is 3.90. The predicted molar refractivity (Wildman–Crippen MR) is 54.0 cm³/mol. The van der Waals surface area contributed by atoms with Gasteiger partial charge in [0.05, 0.1) is 12.2 Å². The SMILES string of the molecule is NC[C@@H]1CCC(c2cc(F)ccc2O)O1. The van der Waals surface area contributed by atoms with Gasteiger partial charge in [-0.15, -0.1) is 0 Å². The van der Waals surface area contributed by atoms with Gasteiger partial charge in [-0.05, 0) is 31.0 Å². The Balaban J connectivity index is 2.19. The van der Waals surface area contributed by atoms with E-state index >= 15 is 0 Å². The lowest BCUT2D eigenvalue weighted by atomic mass is 10.1. The zero-order valence-corrected chi connectivity index (χ0v) is 8.32.